The summed E-state index contributed by atoms with van der Waals surface area (Å²) in [6, 6.07) is 7.09. The molecule has 0 fully saturated rings. The van der Waals surface area contributed by atoms with Gasteiger partial charge in [-0.25, -0.2) is 4.79 Å². The van der Waals surface area contributed by atoms with Crippen molar-refractivity contribution in [2.24, 2.45) is 0 Å². The van der Waals surface area contributed by atoms with Gasteiger partial charge in [0.1, 0.15) is 5.60 Å². The van der Waals surface area contributed by atoms with Crippen LogP contribution in [0.15, 0.2) is 47.2 Å². The van der Waals surface area contributed by atoms with E-state index in [1.165, 1.54) is 36.7 Å². The Morgan fingerprint density at radius 3 is 2.41 bits per heavy atom. The number of halogens is 2. The summed E-state index contributed by atoms with van der Waals surface area (Å²) in [5.41, 5.74) is 0.380. The number of nitrogens with one attached hydrogen (secondary N) is 1. The van der Waals surface area contributed by atoms with Gasteiger partial charge in [0.15, 0.2) is 0 Å². The van der Waals surface area contributed by atoms with E-state index in [1.807, 2.05) is 0 Å². The first kappa shape index (κ1) is 20.8. The van der Waals surface area contributed by atoms with E-state index in [-0.39, 0.29) is 22.4 Å². The van der Waals surface area contributed by atoms with E-state index in [1.54, 1.807) is 33.8 Å². The molecule has 6 nitrogen and oxygen atoms in total. The van der Waals surface area contributed by atoms with Crippen LogP contribution in [0.4, 0.5) is 15.0 Å². The summed E-state index contributed by atoms with van der Waals surface area (Å²) in [6.07, 6.45) is 2.26. The maximum absolute atomic E-state index is 14.3. The highest BCUT2D eigenvalue weighted by molar-refractivity contribution is 9.10. The molecule has 144 valence electrons. The highest BCUT2D eigenvalue weighted by atomic mass is 79.9. The second kappa shape index (κ2) is 8.47. The van der Waals surface area contributed by atoms with Gasteiger partial charge in [-0.05, 0) is 57.5 Å². The van der Waals surface area contributed by atoms with Crippen molar-refractivity contribution in [1.82, 2.24) is 10.3 Å². The van der Waals surface area contributed by atoms with Crippen LogP contribution in [0.3, 0.4) is 0 Å². The van der Waals surface area contributed by atoms with E-state index < -0.39 is 17.6 Å². The number of anilines is 1. The SMILES string of the molecule is CC(NC(=O)OC(C)(C)C)c1ccc(C(=O)N(F)c2ccncc2)cc1Br. The minimum absolute atomic E-state index is 0.0610. The van der Waals surface area contributed by atoms with E-state index >= 15 is 0 Å². The molecule has 0 aliphatic rings. The number of rotatable bonds is 4. The maximum atomic E-state index is 14.3. The van der Waals surface area contributed by atoms with Crippen LogP contribution in [0.2, 0.25) is 0 Å². The minimum Gasteiger partial charge on any atom is -0.444 e. The van der Waals surface area contributed by atoms with Gasteiger partial charge in [0.2, 0.25) is 0 Å². The first-order chi connectivity index (χ1) is 12.6. The lowest BCUT2D eigenvalue weighted by Gasteiger charge is -2.22. The Labute approximate surface area is 165 Å². The maximum Gasteiger partial charge on any atom is 0.408 e. The van der Waals surface area contributed by atoms with Crippen molar-refractivity contribution in [3.8, 4) is 0 Å². The Morgan fingerprint density at radius 2 is 1.85 bits per heavy atom. The van der Waals surface area contributed by atoms with Gasteiger partial charge in [0.25, 0.3) is 5.91 Å². The number of carbonyl (C=O) groups is 2. The molecule has 1 atom stereocenters. The molecule has 1 unspecified atom stereocenters. The van der Waals surface area contributed by atoms with Gasteiger partial charge in [0, 0.05) is 22.4 Å². The van der Waals surface area contributed by atoms with E-state index in [4.69, 9.17) is 4.74 Å². The number of benzene rings is 1. The molecule has 1 aromatic heterocycles. The van der Waals surface area contributed by atoms with Crippen LogP contribution < -0.4 is 10.4 Å². The summed E-state index contributed by atoms with van der Waals surface area (Å²) in [7, 11) is 0. The lowest BCUT2D eigenvalue weighted by atomic mass is 10.1. The lowest BCUT2D eigenvalue weighted by molar-refractivity contribution is 0.0507. The standard InChI is InChI=1S/C19H21BrFN3O3/c1-12(23-18(26)27-19(2,3)4)15-6-5-13(11-16(15)20)17(25)24(21)14-7-9-22-10-8-14/h5-12H,1-4H3,(H,23,26). The van der Waals surface area contributed by atoms with Crippen LogP contribution in [0.1, 0.15) is 49.7 Å². The molecule has 1 N–H and O–H groups in total. The summed E-state index contributed by atoms with van der Waals surface area (Å²) in [4.78, 5) is 28.0. The van der Waals surface area contributed by atoms with Crippen LogP contribution in [0, 0.1) is 0 Å². The monoisotopic (exact) mass is 437 g/mol. The quantitative estimate of drug-likeness (QED) is 0.685. The van der Waals surface area contributed by atoms with Crippen LogP contribution in [0.25, 0.3) is 0 Å². The number of hydrogen-bond donors (Lipinski definition) is 1. The lowest BCUT2D eigenvalue weighted by Crippen LogP contribution is -2.34. The fourth-order valence-corrected chi connectivity index (χ4v) is 3.00. The first-order valence-corrected chi connectivity index (χ1v) is 9.07. The fraction of sp³-hybridized carbons (Fsp3) is 0.316. The second-order valence-corrected chi connectivity index (χ2v) is 7.75. The average Bonchev–Trinajstić information content (AvgIpc) is 2.59. The van der Waals surface area contributed by atoms with Gasteiger partial charge in [-0.15, -0.1) is 5.12 Å². The van der Waals surface area contributed by atoms with Crippen LogP contribution in [-0.4, -0.2) is 22.6 Å². The average molecular weight is 438 g/mol. The molecule has 2 aromatic rings. The molecule has 27 heavy (non-hydrogen) atoms. The molecule has 0 aliphatic heterocycles. The van der Waals surface area contributed by atoms with Crippen LogP contribution in [-0.2, 0) is 4.74 Å². The van der Waals surface area contributed by atoms with Gasteiger partial charge in [-0.1, -0.05) is 26.5 Å². The summed E-state index contributed by atoms with van der Waals surface area (Å²) in [5, 5.41) is 2.78. The number of carbonyl (C=O) groups excluding carboxylic acids is 2. The largest absolute Gasteiger partial charge is 0.444 e. The number of pyridine rings is 1. The topological polar surface area (TPSA) is 71.5 Å². The molecule has 0 saturated heterocycles. The van der Waals surface area contributed by atoms with Gasteiger partial charge < -0.3 is 10.1 Å². The van der Waals surface area contributed by atoms with Gasteiger partial charge in [-0.2, -0.15) is 0 Å². The first-order valence-electron chi connectivity index (χ1n) is 8.27. The van der Waals surface area contributed by atoms with E-state index in [2.05, 4.69) is 26.2 Å². The molecule has 0 spiro atoms. The van der Waals surface area contributed by atoms with Crippen molar-refractivity contribution in [3.05, 3.63) is 58.3 Å². The van der Waals surface area contributed by atoms with Crippen molar-refractivity contribution in [2.45, 2.75) is 39.3 Å². The zero-order chi connectivity index (χ0) is 20.2. The predicted molar refractivity (Wildman–Crippen MR) is 104 cm³/mol. The summed E-state index contributed by atoms with van der Waals surface area (Å²) >= 11 is 3.38. The molecule has 1 aromatic carbocycles. The Hall–Kier alpha value is -2.48. The normalized spacial score (nSPS) is 12.2. The number of alkyl carbamates (subject to hydrolysis) is 1. The minimum atomic E-state index is -0.804. The molecule has 0 radical (unpaired) electrons. The number of aromatic nitrogens is 1. The Kier molecular flexibility index (Phi) is 6.54. The molecular weight excluding hydrogens is 417 g/mol. The number of amides is 2. The number of hydrogen-bond acceptors (Lipinski definition) is 4. The Morgan fingerprint density at radius 1 is 1.22 bits per heavy atom. The summed E-state index contributed by atoms with van der Waals surface area (Å²) in [5.74, 6) is -0.804. The summed E-state index contributed by atoms with van der Waals surface area (Å²) < 4.78 is 20.1. The van der Waals surface area contributed by atoms with Gasteiger partial charge in [-0.3, -0.25) is 9.78 Å². The molecule has 1 heterocycles. The Bertz CT molecular complexity index is 825. The third kappa shape index (κ3) is 5.75. The molecule has 2 amide bonds. The second-order valence-electron chi connectivity index (χ2n) is 6.90. The molecule has 0 aliphatic carbocycles. The number of nitrogens with zero attached hydrogens (tertiary/aromatic N) is 2. The third-order valence-electron chi connectivity index (χ3n) is 3.51. The molecule has 0 saturated carbocycles. The molecule has 8 heteroatoms. The zero-order valence-corrected chi connectivity index (χ0v) is 17.1. The third-order valence-corrected chi connectivity index (χ3v) is 4.20. The van der Waals surface area contributed by atoms with Crippen molar-refractivity contribution in [3.63, 3.8) is 0 Å². The molecular formula is C19H21BrFN3O3. The fourth-order valence-electron chi connectivity index (χ4n) is 2.28. The highest BCUT2D eigenvalue weighted by Crippen LogP contribution is 2.26. The smallest absolute Gasteiger partial charge is 0.408 e. The van der Waals surface area contributed by atoms with E-state index in [9.17, 15) is 14.1 Å². The molecule has 2 rings (SSSR count). The van der Waals surface area contributed by atoms with Crippen molar-refractivity contribution in [2.75, 3.05) is 5.12 Å². The van der Waals surface area contributed by atoms with E-state index in [0.29, 0.717) is 4.47 Å². The summed E-state index contributed by atoms with van der Waals surface area (Å²) in [6.45, 7) is 7.11. The molecule has 0 bridgehead atoms. The Balaban J connectivity index is 2.13. The van der Waals surface area contributed by atoms with Gasteiger partial charge >= 0.3 is 6.09 Å². The predicted octanol–water partition coefficient (Wildman–Crippen LogP) is 4.96. The van der Waals surface area contributed by atoms with Crippen molar-refractivity contribution in [1.29, 1.82) is 0 Å². The number of ether oxygens (including phenoxy) is 1. The van der Waals surface area contributed by atoms with Crippen molar-refractivity contribution < 1.29 is 18.8 Å². The van der Waals surface area contributed by atoms with Gasteiger partial charge in [0.05, 0.1) is 11.7 Å². The van der Waals surface area contributed by atoms with Crippen molar-refractivity contribution >= 4 is 33.6 Å². The van der Waals surface area contributed by atoms with Crippen LogP contribution >= 0.6 is 15.9 Å². The zero-order valence-electron chi connectivity index (χ0n) is 15.5. The van der Waals surface area contributed by atoms with Crippen LogP contribution in [0.5, 0.6) is 0 Å². The van der Waals surface area contributed by atoms with E-state index in [0.717, 1.165) is 5.56 Å². The highest BCUT2D eigenvalue weighted by Gasteiger charge is 2.22.